The van der Waals surface area contributed by atoms with Crippen LogP contribution in [0.2, 0.25) is 0 Å². The van der Waals surface area contributed by atoms with Gasteiger partial charge in [-0.1, -0.05) is 6.92 Å². The van der Waals surface area contributed by atoms with Crippen molar-refractivity contribution in [3.05, 3.63) is 0 Å². The van der Waals surface area contributed by atoms with Gasteiger partial charge in [-0.3, -0.25) is 4.79 Å². The first-order valence-electron chi connectivity index (χ1n) is 7.90. The van der Waals surface area contributed by atoms with Crippen molar-refractivity contribution >= 4 is 5.91 Å². The summed E-state index contributed by atoms with van der Waals surface area (Å²) in [6.07, 6.45) is -1.39. The number of hydrogen-bond donors (Lipinski definition) is 1. The quantitative estimate of drug-likeness (QED) is 0.852. The first-order chi connectivity index (χ1) is 9.82. The molecular weight excluding hydrogens is 281 g/mol. The van der Waals surface area contributed by atoms with Gasteiger partial charge in [-0.15, -0.1) is 0 Å². The average molecular weight is 306 g/mol. The van der Waals surface area contributed by atoms with Crippen molar-refractivity contribution in [2.75, 3.05) is 13.1 Å². The normalized spacial score (nSPS) is 34.8. The molecule has 2 fully saturated rings. The van der Waals surface area contributed by atoms with Gasteiger partial charge in [0.25, 0.3) is 0 Å². The molecule has 2 atom stereocenters. The Hall–Kier alpha value is -0.780. The number of halogens is 3. The number of likely N-dealkylation sites (tertiary alicyclic amines) is 1. The highest BCUT2D eigenvalue weighted by Gasteiger charge is 2.43. The van der Waals surface area contributed by atoms with Crippen LogP contribution in [-0.4, -0.2) is 36.1 Å². The van der Waals surface area contributed by atoms with Crippen LogP contribution in [-0.2, 0) is 4.79 Å². The predicted molar refractivity (Wildman–Crippen MR) is 74.5 cm³/mol. The molecule has 2 N–H and O–H groups in total. The Morgan fingerprint density at radius 3 is 2.33 bits per heavy atom. The molecule has 1 aliphatic carbocycles. The highest BCUT2D eigenvalue weighted by molar-refractivity contribution is 5.79. The number of nitrogens with zero attached hydrogens (tertiary/aromatic N) is 1. The van der Waals surface area contributed by atoms with Crippen molar-refractivity contribution in [1.82, 2.24) is 4.90 Å². The molecule has 1 aliphatic heterocycles. The van der Waals surface area contributed by atoms with Gasteiger partial charge in [-0.05, 0) is 44.4 Å². The Morgan fingerprint density at radius 1 is 1.19 bits per heavy atom. The SMILES string of the molecule is CC1CCN(C(=O)C2CCC(C(F)(F)F)CC2)C(CN)C1. The number of alkyl halides is 3. The van der Waals surface area contributed by atoms with E-state index >= 15 is 0 Å². The van der Waals surface area contributed by atoms with Gasteiger partial charge in [0.2, 0.25) is 5.91 Å². The Bertz CT molecular complexity index is 364. The summed E-state index contributed by atoms with van der Waals surface area (Å²) in [5.41, 5.74) is 5.76. The number of carbonyl (C=O) groups excluding carboxylic acids is 1. The smallest absolute Gasteiger partial charge is 0.338 e. The van der Waals surface area contributed by atoms with Crippen molar-refractivity contribution in [3.8, 4) is 0 Å². The van der Waals surface area contributed by atoms with Gasteiger partial charge in [0.15, 0.2) is 0 Å². The van der Waals surface area contributed by atoms with Crippen LogP contribution in [0.1, 0.15) is 45.4 Å². The summed E-state index contributed by atoms with van der Waals surface area (Å²) in [4.78, 5) is 14.4. The van der Waals surface area contributed by atoms with Crippen LogP contribution < -0.4 is 5.73 Å². The van der Waals surface area contributed by atoms with Crippen molar-refractivity contribution in [2.45, 2.75) is 57.7 Å². The topological polar surface area (TPSA) is 46.3 Å². The summed E-state index contributed by atoms with van der Waals surface area (Å²) in [6.45, 7) is 3.29. The van der Waals surface area contributed by atoms with Crippen LogP contribution >= 0.6 is 0 Å². The molecule has 2 unspecified atom stereocenters. The lowest BCUT2D eigenvalue weighted by atomic mass is 9.80. The van der Waals surface area contributed by atoms with E-state index < -0.39 is 12.1 Å². The molecule has 0 spiro atoms. The number of amides is 1. The van der Waals surface area contributed by atoms with Crippen molar-refractivity contribution in [1.29, 1.82) is 0 Å². The fourth-order valence-corrected chi connectivity index (χ4v) is 3.67. The third kappa shape index (κ3) is 3.90. The van der Waals surface area contributed by atoms with Crippen LogP contribution in [0.15, 0.2) is 0 Å². The molecule has 1 saturated carbocycles. The minimum absolute atomic E-state index is 0.0259. The van der Waals surface area contributed by atoms with E-state index in [4.69, 9.17) is 5.73 Å². The van der Waals surface area contributed by atoms with Crippen LogP contribution in [0.25, 0.3) is 0 Å². The zero-order valence-electron chi connectivity index (χ0n) is 12.5. The van der Waals surface area contributed by atoms with Crippen molar-refractivity contribution in [2.24, 2.45) is 23.5 Å². The maximum Gasteiger partial charge on any atom is 0.391 e. The summed E-state index contributed by atoms with van der Waals surface area (Å²) < 4.78 is 38.0. The summed E-state index contributed by atoms with van der Waals surface area (Å²) >= 11 is 0. The molecule has 122 valence electrons. The number of piperidine rings is 1. The zero-order valence-corrected chi connectivity index (χ0v) is 12.5. The number of nitrogens with two attached hydrogens (primary N) is 1. The fourth-order valence-electron chi connectivity index (χ4n) is 3.67. The second-order valence-electron chi connectivity index (χ2n) is 6.64. The third-order valence-corrected chi connectivity index (χ3v) is 5.07. The monoisotopic (exact) mass is 306 g/mol. The van der Waals surface area contributed by atoms with Gasteiger partial charge in [-0.25, -0.2) is 0 Å². The van der Waals surface area contributed by atoms with E-state index in [0.29, 0.717) is 31.8 Å². The van der Waals surface area contributed by atoms with Gasteiger partial charge in [0, 0.05) is 25.0 Å². The first-order valence-corrected chi connectivity index (χ1v) is 7.90. The lowest BCUT2D eigenvalue weighted by molar-refractivity contribution is -0.185. The molecular formula is C15H25F3N2O. The van der Waals surface area contributed by atoms with E-state index in [2.05, 4.69) is 6.92 Å². The van der Waals surface area contributed by atoms with E-state index in [1.807, 2.05) is 4.90 Å². The Balaban J connectivity index is 1.92. The van der Waals surface area contributed by atoms with Gasteiger partial charge in [0.1, 0.15) is 0 Å². The molecule has 2 aliphatic rings. The molecule has 1 amide bonds. The molecule has 0 radical (unpaired) electrons. The molecule has 0 aromatic heterocycles. The first kappa shape index (κ1) is 16.6. The van der Waals surface area contributed by atoms with Crippen LogP contribution in [0.5, 0.6) is 0 Å². The van der Waals surface area contributed by atoms with E-state index in [0.717, 1.165) is 12.8 Å². The van der Waals surface area contributed by atoms with Gasteiger partial charge in [-0.2, -0.15) is 13.2 Å². The maximum atomic E-state index is 12.7. The minimum Gasteiger partial charge on any atom is -0.338 e. The standard InChI is InChI=1S/C15H25F3N2O/c1-10-6-7-20(13(8-10)9-19)14(21)11-2-4-12(5-3-11)15(16,17)18/h10-13H,2-9,19H2,1H3. The molecule has 6 heteroatoms. The molecule has 0 bridgehead atoms. The summed E-state index contributed by atoms with van der Waals surface area (Å²) in [5, 5.41) is 0. The van der Waals surface area contributed by atoms with Gasteiger partial charge < -0.3 is 10.6 Å². The van der Waals surface area contributed by atoms with E-state index in [9.17, 15) is 18.0 Å². The lowest BCUT2D eigenvalue weighted by Crippen LogP contribution is -2.51. The maximum absolute atomic E-state index is 12.7. The third-order valence-electron chi connectivity index (χ3n) is 5.07. The Morgan fingerprint density at radius 2 is 1.81 bits per heavy atom. The Kier molecular flexibility index (Phi) is 5.17. The second kappa shape index (κ2) is 6.55. The van der Waals surface area contributed by atoms with E-state index in [-0.39, 0.29) is 30.7 Å². The highest BCUT2D eigenvalue weighted by Crippen LogP contribution is 2.40. The number of hydrogen-bond acceptors (Lipinski definition) is 2. The molecule has 0 aromatic rings. The van der Waals surface area contributed by atoms with Crippen molar-refractivity contribution in [3.63, 3.8) is 0 Å². The minimum atomic E-state index is -4.12. The number of rotatable bonds is 2. The molecule has 2 rings (SSSR count). The summed E-state index contributed by atoms with van der Waals surface area (Å²) in [7, 11) is 0. The molecule has 1 saturated heterocycles. The number of carbonyl (C=O) groups is 1. The summed E-state index contributed by atoms with van der Waals surface area (Å²) in [6, 6.07) is 0.0570. The van der Waals surface area contributed by atoms with Crippen molar-refractivity contribution < 1.29 is 18.0 Å². The molecule has 3 nitrogen and oxygen atoms in total. The second-order valence-corrected chi connectivity index (χ2v) is 6.64. The van der Waals surface area contributed by atoms with Gasteiger partial charge >= 0.3 is 6.18 Å². The van der Waals surface area contributed by atoms with Crippen LogP contribution in [0, 0.1) is 17.8 Å². The lowest BCUT2D eigenvalue weighted by Gasteiger charge is -2.41. The molecule has 21 heavy (non-hydrogen) atoms. The average Bonchev–Trinajstić information content (AvgIpc) is 2.45. The predicted octanol–water partition coefficient (Wildman–Crippen LogP) is 2.94. The zero-order chi connectivity index (χ0) is 15.6. The highest BCUT2D eigenvalue weighted by atomic mass is 19.4. The van der Waals surface area contributed by atoms with E-state index in [1.165, 1.54) is 0 Å². The fraction of sp³-hybridized carbons (Fsp3) is 0.933. The molecule has 0 aromatic carbocycles. The summed E-state index contributed by atoms with van der Waals surface area (Å²) in [5.74, 6) is -0.888. The van der Waals surface area contributed by atoms with Crippen LogP contribution in [0.3, 0.4) is 0 Å². The molecule has 1 heterocycles. The van der Waals surface area contributed by atoms with Crippen LogP contribution in [0.4, 0.5) is 13.2 Å². The van der Waals surface area contributed by atoms with Gasteiger partial charge in [0.05, 0.1) is 5.92 Å². The van der Waals surface area contributed by atoms with E-state index in [1.54, 1.807) is 0 Å². The Labute approximate surface area is 124 Å². The largest absolute Gasteiger partial charge is 0.391 e.